The minimum atomic E-state index is -0.688. The fourth-order valence-electron chi connectivity index (χ4n) is 2.27. The lowest BCUT2D eigenvalue weighted by molar-refractivity contribution is -0.122. The van der Waals surface area contributed by atoms with Gasteiger partial charge in [0.2, 0.25) is 5.91 Å². The van der Waals surface area contributed by atoms with Gasteiger partial charge in [0.15, 0.2) is 0 Å². The number of anilines is 1. The van der Waals surface area contributed by atoms with Crippen molar-refractivity contribution in [2.45, 2.75) is 51.1 Å². The Labute approximate surface area is 114 Å². The molecule has 0 aliphatic heterocycles. The van der Waals surface area contributed by atoms with Gasteiger partial charge in [-0.1, -0.05) is 19.3 Å². The summed E-state index contributed by atoms with van der Waals surface area (Å²) in [4.78, 5) is 12.1. The average molecular weight is 273 g/mol. The van der Waals surface area contributed by atoms with Gasteiger partial charge in [-0.2, -0.15) is 5.10 Å². The van der Waals surface area contributed by atoms with Crippen LogP contribution in [-0.2, 0) is 11.3 Å². The topological polar surface area (TPSA) is 72.9 Å². The number of hydrogen-bond acceptors (Lipinski definition) is 3. The van der Waals surface area contributed by atoms with Gasteiger partial charge >= 0.3 is 0 Å². The highest BCUT2D eigenvalue weighted by Gasteiger charge is 2.35. The van der Waals surface area contributed by atoms with Crippen molar-refractivity contribution in [2.75, 3.05) is 5.32 Å². The average Bonchev–Trinajstić information content (AvgIpc) is 2.78. The maximum atomic E-state index is 12.1. The zero-order chi connectivity index (χ0) is 12.3. The SMILES string of the molecule is CCn1cc(NC(=O)C2(N)CCCCC2)cn1.Cl. The monoisotopic (exact) mass is 272 g/mol. The maximum absolute atomic E-state index is 12.1. The largest absolute Gasteiger partial charge is 0.322 e. The molecule has 0 radical (unpaired) electrons. The number of nitrogens with one attached hydrogen (secondary N) is 1. The number of rotatable bonds is 3. The number of carbonyl (C=O) groups excluding carboxylic acids is 1. The van der Waals surface area contributed by atoms with Crippen LogP contribution in [0.1, 0.15) is 39.0 Å². The molecular weight excluding hydrogens is 252 g/mol. The van der Waals surface area contributed by atoms with Crippen molar-refractivity contribution in [1.29, 1.82) is 0 Å². The normalized spacial score (nSPS) is 17.9. The van der Waals surface area contributed by atoms with Gasteiger partial charge in [0, 0.05) is 12.7 Å². The predicted molar refractivity (Wildman–Crippen MR) is 73.8 cm³/mol. The first-order valence-electron chi connectivity index (χ1n) is 6.27. The van der Waals surface area contributed by atoms with E-state index in [2.05, 4.69) is 10.4 Å². The van der Waals surface area contributed by atoms with Crippen LogP contribution in [0.2, 0.25) is 0 Å². The second-order valence-corrected chi connectivity index (χ2v) is 4.76. The van der Waals surface area contributed by atoms with Crippen molar-refractivity contribution in [3.05, 3.63) is 12.4 Å². The lowest BCUT2D eigenvalue weighted by Gasteiger charge is -2.31. The molecular formula is C12H21ClN4O. The Morgan fingerprint density at radius 2 is 2.17 bits per heavy atom. The van der Waals surface area contributed by atoms with E-state index in [0.29, 0.717) is 0 Å². The van der Waals surface area contributed by atoms with Gasteiger partial charge in [0.25, 0.3) is 0 Å². The highest BCUT2D eigenvalue weighted by molar-refractivity contribution is 5.97. The molecule has 102 valence electrons. The van der Waals surface area contributed by atoms with Crippen molar-refractivity contribution in [2.24, 2.45) is 5.73 Å². The number of nitrogens with zero attached hydrogens (tertiary/aromatic N) is 2. The van der Waals surface area contributed by atoms with Crippen LogP contribution < -0.4 is 11.1 Å². The fourth-order valence-corrected chi connectivity index (χ4v) is 2.27. The molecule has 1 amide bonds. The van der Waals surface area contributed by atoms with Gasteiger partial charge in [-0.3, -0.25) is 9.48 Å². The van der Waals surface area contributed by atoms with Gasteiger partial charge in [-0.05, 0) is 19.8 Å². The van der Waals surface area contributed by atoms with E-state index in [0.717, 1.165) is 37.9 Å². The molecule has 6 heteroatoms. The van der Waals surface area contributed by atoms with E-state index < -0.39 is 5.54 Å². The van der Waals surface area contributed by atoms with E-state index in [1.807, 2.05) is 13.1 Å². The molecule has 1 aromatic heterocycles. The second-order valence-electron chi connectivity index (χ2n) is 4.76. The molecule has 0 aromatic carbocycles. The molecule has 1 saturated carbocycles. The van der Waals surface area contributed by atoms with Gasteiger partial charge in [0.1, 0.15) is 0 Å². The number of aromatic nitrogens is 2. The molecule has 0 atom stereocenters. The Balaban J connectivity index is 0.00000162. The molecule has 0 spiro atoms. The number of aryl methyl sites for hydroxylation is 1. The lowest BCUT2D eigenvalue weighted by Crippen LogP contribution is -2.52. The van der Waals surface area contributed by atoms with Crippen LogP contribution in [-0.4, -0.2) is 21.2 Å². The Morgan fingerprint density at radius 1 is 1.50 bits per heavy atom. The number of carbonyl (C=O) groups is 1. The van der Waals surface area contributed by atoms with Crippen molar-refractivity contribution in [1.82, 2.24) is 9.78 Å². The predicted octanol–water partition coefficient (Wildman–Crippen LogP) is 1.92. The standard InChI is InChI=1S/C12H20N4O.ClH/c1-2-16-9-10(8-14-16)15-11(17)12(13)6-4-3-5-7-12;/h8-9H,2-7,13H2,1H3,(H,15,17);1H. The van der Waals surface area contributed by atoms with E-state index in [4.69, 9.17) is 5.73 Å². The van der Waals surface area contributed by atoms with E-state index in [1.165, 1.54) is 6.42 Å². The molecule has 3 N–H and O–H groups in total. The van der Waals surface area contributed by atoms with Crippen LogP contribution in [0.25, 0.3) is 0 Å². The van der Waals surface area contributed by atoms with Crippen molar-refractivity contribution < 1.29 is 4.79 Å². The quantitative estimate of drug-likeness (QED) is 0.883. The minimum Gasteiger partial charge on any atom is -0.322 e. The summed E-state index contributed by atoms with van der Waals surface area (Å²) in [5.41, 5.74) is 6.19. The highest BCUT2D eigenvalue weighted by atomic mass is 35.5. The first-order chi connectivity index (χ1) is 8.14. The molecule has 2 rings (SSSR count). The Morgan fingerprint density at radius 3 is 2.72 bits per heavy atom. The van der Waals surface area contributed by atoms with Crippen LogP contribution in [0.15, 0.2) is 12.4 Å². The van der Waals surface area contributed by atoms with Gasteiger partial charge < -0.3 is 11.1 Å². The van der Waals surface area contributed by atoms with Gasteiger partial charge in [-0.15, -0.1) is 12.4 Å². The van der Waals surface area contributed by atoms with Crippen LogP contribution >= 0.6 is 12.4 Å². The summed E-state index contributed by atoms with van der Waals surface area (Å²) in [7, 11) is 0. The van der Waals surface area contributed by atoms with E-state index in [9.17, 15) is 4.79 Å². The van der Waals surface area contributed by atoms with Gasteiger partial charge in [-0.25, -0.2) is 0 Å². The van der Waals surface area contributed by atoms with Crippen molar-refractivity contribution in [3.8, 4) is 0 Å². The Hall–Kier alpha value is -1.07. The summed E-state index contributed by atoms with van der Waals surface area (Å²) >= 11 is 0. The molecule has 1 aromatic rings. The molecule has 1 aliphatic carbocycles. The third-order valence-corrected chi connectivity index (χ3v) is 3.41. The second kappa shape index (κ2) is 6.20. The fraction of sp³-hybridized carbons (Fsp3) is 0.667. The highest BCUT2D eigenvalue weighted by Crippen LogP contribution is 2.27. The van der Waals surface area contributed by atoms with Gasteiger partial charge in [0.05, 0.1) is 17.4 Å². The Kier molecular flexibility index (Phi) is 5.16. The number of amides is 1. The molecule has 0 saturated heterocycles. The summed E-state index contributed by atoms with van der Waals surface area (Å²) in [5.74, 6) is -0.0761. The third-order valence-electron chi connectivity index (χ3n) is 3.41. The smallest absolute Gasteiger partial charge is 0.244 e. The van der Waals surface area contributed by atoms with Crippen LogP contribution in [0.3, 0.4) is 0 Å². The zero-order valence-electron chi connectivity index (χ0n) is 10.7. The van der Waals surface area contributed by atoms with Crippen LogP contribution in [0.4, 0.5) is 5.69 Å². The van der Waals surface area contributed by atoms with E-state index in [1.54, 1.807) is 10.9 Å². The summed E-state index contributed by atoms with van der Waals surface area (Å²) in [5, 5.41) is 6.98. The summed E-state index contributed by atoms with van der Waals surface area (Å²) in [6, 6.07) is 0. The minimum absolute atomic E-state index is 0. The summed E-state index contributed by atoms with van der Waals surface area (Å²) in [6.07, 6.45) is 8.30. The lowest BCUT2D eigenvalue weighted by atomic mass is 9.82. The number of hydrogen-bond donors (Lipinski definition) is 2. The molecule has 0 bridgehead atoms. The van der Waals surface area contributed by atoms with E-state index >= 15 is 0 Å². The van der Waals surface area contributed by atoms with Crippen LogP contribution in [0.5, 0.6) is 0 Å². The summed E-state index contributed by atoms with van der Waals surface area (Å²) < 4.78 is 1.78. The molecule has 1 heterocycles. The zero-order valence-corrected chi connectivity index (χ0v) is 11.5. The molecule has 18 heavy (non-hydrogen) atoms. The first kappa shape index (κ1) is 15.0. The number of halogens is 1. The molecule has 1 fully saturated rings. The molecule has 5 nitrogen and oxygen atoms in total. The van der Waals surface area contributed by atoms with E-state index in [-0.39, 0.29) is 18.3 Å². The maximum Gasteiger partial charge on any atom is 0.244 e. The van der Waals surface area contributed by atoms with Crippen molar-refractivity contribution in [3.63, 3.8) is 0 Å². The van der Waals surface area contributed by atoms with Crippen LogP contribution in [0, 0.1) is 0 Å². The third kappa shape index (κ3) is 3.23. The Bertz CT molecular complexity index is 399. The number of nitrogens with two attached hydrogens (primary N) is 1. The first-order valence-corrected chi connectivity index (χ1v) is 6.27. The summed E-state index contributed by atoms with van der Waals surface area (Å²) in [6.45, 7) is 2.80. The van der Waals surface area contributed by atoms with Crippen molar-refractivity contribution >= 4 is 24.0 Å². The molecule has 1 aliphatic rings. The molecule has 0 unspecified atom stereocenters.